The highest BCUT2D eigenvalue weighted by Crippen LogP contribution is 2.42. The fourth-order valence-corrected chi connectivity index (χ4v) is 11.2. The SMILES string of the molecule is C=C/C=C\C(/C=C\C=C)=C(C)C.c1ccc(-n2c3ccccc3c3cc(-c4ccc(-c5ccc(-c6ccc(-c7ccc(N(c8ccc(-c9cccc%10ccccc9%10)cc8)c8cccc9ccccc89)cc7)cc6)cc5)cc4)ccc32)cc1. The molecule has 0 spiro atoms. The van der Waals surface area contributed by atoms with Crippen LogP contribution in [0.1, 0.15) is 13.8 Å². The third kappa shape index (κ3) is 10.8. The van der Waals surface area contributed by atoms with Gasteiger partial charge in [-0.3, -0.25) is 0 Å². The van der Waals surface area contributed by atoms with Crippen LogP contribution in [0.4, 0.5) is 17.1 Å². The van der Waals surface area contributed by atoms with Gasteiger partial charge in [0, 0.05) is 33.2 Å². The molecule has 1 heterocycles. The minimum absolute atomic E-state index is 1.11. The molecule has 2 nitrogen and oxygen atoms in total. The summed E-state index contributed by atoms with van der Waals surface area (Å²) in [7, 11) is 0. The van der Waals surface area contributed by atoms with Crippen LogP contribution in [0.25, 0.3) is 105 Å². The van der Waals surface area contributed by atoms with Gasteiger partial charge >= 0.3 is 0 Å². The van der Waals surface area contributed by atoms with E-state index in [1.807, 2.05) is 24.3 Å². The number of aromatic nitrogens is 1. The molecule has 0 amide bonds. The molecule has 82 heavy (non-hydrogen) atoms. The average molecular weight is 1050 g/mol. The van der Waals surface area contributed by atoms with Gasteiger partial charge in [-0.1, -0.05) is 274 Å². The van der Waals surface area contributed by atoms with Gasteiger partial charge in [-0.25, -0.2) is 0 Å². The van der Waals surface area contributed by atoms with Crippen LogP contribution >= 0.6 is 0 Å². The van der Waals surface area contributed by atoms with E-state index < -0.39 is 0 Å². The highest BCUT2D eigenvalue weighted by Gasteiger charge is 2.17. The number of rotatable bonds is 13. The Kier molecular flexibility index (Phi) is 15.2. The van der Waals surface area contributed by atoms with Crippen LogP contribution < -0.4 is 4.90 Å². The van der Waals surface area contributed by atoms with Gasteiger partial charge in [0.1, 0.15) is 0 Å². The molecule has 13 aromatic rings. The molecule has 0 atom stereocenters. The van der Waals surface area contributed by atoms with Crippen LogP contribution in [-0.4, -0.2) is 4.57 Å². The lowest BCUT2D eigenvalue weighted by molar-refractivity contribution is 1.18. The van der Waals surface area contributed by atoms with E-state index in [4.69, 9.17) is 0 Å². The number of hydrogen-bond donors (Lipinski definition) is 0. The Morgan fingerprint density at radius 2 is 0.744 bits per heavy atom. The lowest BCUT2D eigenvalue weighted by atomic mass is 9.96. The van der Waals surface area contributed by atoms with Crippen LogP contribution in [0.15, 0.2) is 340 Å². The van der Waals surface area contributed by atoms with Crippen LogP contribution in [0.5, 0.6) is 0 Å². The van der Waals surface area contributed by atoms with E-state index in [1.54, 1.807) is 12.2 Å². The van der Waals surface area contributed by atoms with Crippen molar-refractivity contribution in [2.75, 3.05) is 4.90 Å². The van der Waals surface area contributed by atoms with E-state index in [2.05, 4.69) is 316 Å². The first-order valence-corrected chi connectivity index (χ1v) is 28.0. The molecule has 0 bridgehead atoms. The summed E-state index contributed by atoms with van der Waals surface area (Å²) in [6.45, 7) is 11.4. The second-order valence-electron chi connectivity index (χ2n) is 20.8. The van der Waals surface area contributed by atoms with Gasteiger partial charge in [-0.15, -0.1) is 0 Å². The number of para-hydroxylation sites is 2. The van der Waals surface area contributed by atoms with Gasteiger partial charge in [0.2, 0.25) is 0 Å². The van der Waals surface area contributed by atoms with Crippen molar-refractivity contribution in [3.05, 3.63) is 340 Å². The Morgan fingerprint density at radius 3 is 1.28 bits per heavy atom. The van der Waals surface area contributed by atoms with E-state index in [9.17, 15) is 0 Å². The minimum atomic E-state index is 1.11. The second-order valence-corrected chi connectivity index (χ2v) is 20.8. The van der Waals surface area contributed by atoms with E-state index in [0.29, 0.717) is 0 Å². The molecule has 0 aliphatic rings. The van der Waals surface area contributed by atoms with Crippen LogP contribution in [0.2, 0.25) is 0 Å². The van der Waals surface area contributed by atoms with Crippen LogP contribution in [0.3, 0.4) is 0 Å². The zero-order chi connectivity index (χ0) is 55.8. The van der Waals surface area contributed by atoms with Gasteiger partial charge in [0.15, 0.2) is 0 Å². The summed E-state index contributed by atoms with van der Waals surface area (Å²) in [6.07, 6.45) is 11.4. The third-order valence-corrected chi connectivity index (χ3v) is 15.4. The fraction of sp³-hybridized carbons (Fsp3) is 0.0250. The summed E-state index contributed by atoms with van der Waals surface area (Å²) in [4.78, 5) is 2.38. The first kappa shape index (κ1) is 52.2. The molecule has 12 aromatic carbocycles. The van der Waals surface area contributed by atoms with E-state index in [0.717, 1.165) is 17.1 Å². The monoisotopic (exact) mass is 1050 g/mol. The molecule has 0 aliphatic carbocycles. The number of hydrogen-bond acceptors (Lipinski definition) is 1. The molecule has 0 N–H and O–H groups in total. The van der Waals surface area contributed by atoms with Gasteiger partial charge in [0.05, 0.1) is 16.7 Å². The second kappa shape index (κ2) is 23.8. The quantitative estimate of drug-likeness (QED) is 0.105. The molecule has 0 aliphatic heterocycles. The first-order chi connectivity index (χ1) is 40.4. The van der Waals surface area contributed by atoms with Gasteiger partial charge < -0.3 is 9.47 Å². The Morgan fingerprint density at radius 1 is 0.341 bits per heavy atom. The normalized spacial score (nSPS) is 11.3. The maximum atomic E-state index is 3.62. The average Bonchev–Trinajstić information content (AvgIpc) is 4.02. The summed E-state index contributed by atoms with van der Waals surface area (Å²) in [6, 6.07) is 101. The van der Waals surface area contributed by atoms with Crippen molar-refractivity contribution in [1.29, 1.82) is 0 Å². The van der Waals surface area contributed by atoms with Crippen LogP contribution in [0, 0.1) is 0 Å². The Hall–Kier alpha value is -10.5. The lowest BCUT2D eigenvalue weighted by Crippen LogP contribution is -2.10. The lowest BCUT2D eigenvalue weighted by Gasteiger charge is -2.27. The summed E-state index contributed by atoms with van der Waals surface area (Å²) in [5.41, 5.74) is 21.5. The molecule has 0 fully saturated rings. The van der Waals surface area contributed by atoms with Crippen molar-refractivity contribution < 1.29 is 0 Å². The number of anilines is 3. The Bertz CT molecular complexity index is 4460. The van der Waals surface area contributed by atoms with Crippen molar-refractivity contribution in [2.45, 2.75) is 13.8 Å². The first-order valence-electron chi connectivity index (χ1n) is 28.0. The molecule has 0 radical (unpaired) electrons. The molecule has 2 heteroatoms. The van der Waals surface area contributed by atoms with Gasteiger partial charge in [-0.05, 0) is 152 Å². The largest absolute Gasteiger partial charge is 0.310 e. The van der Waals surface area contributed by atoms with Crippen molar-refractivity contribution in [2.24, 2.45) is 0 Å². The Balaban J connectivity index is 0.000000500. The predicted octanol–water partition coefficient (Wildman–Crippen LogP) is 22.7. The molecule has 0 unspecified atom stereocenters. The zero-order valence-corrected chi connectivity index (χ0v) is 46.3. The molecule has 392 valence electrons. The molecule has 0 saturated carbocycles. The molecule has 1 aromatic heterocycles. The highest BCUT2D eigenvalue weighted by atomic mass is 15.1. The molecule has 0 saturated heterocycles. The van der Waals surface area contributed by atoms with Crippen molar-refractivity contribution in [1.82, 2.24) is 4.57 Å². The summed E-state index contributed by atoms with van der Waals surface area (Å²) in [5.74, 6) is 0. The predicted molar refractivity (Wildman–Crippen MR) is 355 cm³/mol. The number of fused-ring (bicyclic) bond motifs is 5. The minimum Gasteiger partial charge on any atom is -0.310 e. The zero-order valence-electron chi connectivity index (χ0n) is 46.3. The topological polar surface area (TPSA) is 8.17 Å². The Labute approximate surface area is 482 Å². The van der Waals surface area contributed by atoms with Crippen LogP contribution in [-0.2, 0) is 0 Å². The van der Waals surface area contributed by atoms with Gasteiger partial charge in [-0.2, -0.15) is 0 Å². The standard InChI is InChI=1S/C68H46N2.C12H16/c1-2-16-58(17-3-1)70-67-22-9-8-20-64(67)65-46-57(40-45-68(65)70)53-34-32-50(33-35-53)49-26-24-47(25-27-49)48-28-30-51(31-29-48)52-36-41-59(42-37-52)69(66-23-11-15-55-13-5-7-19-63(55)66)60-43-38-56(39-44-60)62-21-10-14-54-12-4-6-18-61(54)62;1-5-7-9-12(11(3)4)10-8-6-2/h1-46H;5-10H,1-2H2,3-4H3/b;9-7-,10-8-. The van der Waals surface area contributed by atoms with E-state index >= 15 is 0 Å². The summed E-state index contributed by atoms with van der Waals surface area (Å²) in [5, 5.41) is 7.46. The summed E-state index contributed by atoms with van der Waals surface area (Å²) >= 11 is 0. The van der Waals surface area contributed by atoms with Gasteiger partial charge in [0.25, 0.3) is 0 Å². The van der Waals surface area contributed by atoms with E-state index in [1.165, 1.54) is 116 Å². The highest BCUT2D eigenvalue weighted by molar-refractivity contribution is 6.10. The number of benzene rings is 12. The molecular weight excluding hydrogens is 989 g/mol. The maximum absolute atomic E-state index is 3.62. The van der Waals surface area contributed by atoms with Crippen molar-refractivity contribution in [3.63, 3.8) is 0 Å². The molecular formula is C80H62N2. The smallest absolute Gasteiger partial charge is 0.0541 e. The fourth-order valence-electron chi connectivity index (χ4n) is 11.2. The van der Waals surface area contributed by atoms with Crippen molar-refractivity contribution >= 4 is 60.4 Å². The number of nitrogens with zero attached hydrogens (tertiary/aromatic N) is 2. The number of allylic oxidation sites excluding steroid dienone is 8. The van der Waals surface area contributed by atoms with Crippen molar-refractivity contribution in [3.8, 4) is 61.3 Å². The molecule has 13 rings (SSSR count). The van der Waals surface area contributed by atoms with E-state index in [-0.39, 0.29) is 0 Å². The third-order valence-electron chi connectivity index (χ3n) is 15.4. The summed E-state index contributed by atoms with van der Waals surface area (Å²) < 4.78 is 2.36. The maximum Gasteiger partial charge on any atom is 0.0541 e.